The van der Waals surface area contributed by atoms with E-state index in [-0.39, 0.29) is 11.7 Å². The summed E-state index contributed by atoms with van der Waals surface area (Å²) in [4.78, 5) is 13.8. The smallest absolute Gasteiger partial charge is 0.292 e. The second-order valence-electron chi connectivity index (χ2n) is 3.45. The molecule has 0 atom stereocenters. The van der Waals surface area contributed by atoms with Gasteiger partial charge in [-0.25, -0.2) is 0 Å². The zero-order valence-electron chi connectivity index (χ0n) is 8.85. The number of tetrazole rings is 1. The maximum atomic E-state index is 11.4. The first-order valence-electron chi connectivity index (χ1n) is 5.18. The van der Waals surface area contributed by atoms with Gasteiger partial charge in [-0.15, -0.1) is 10.2 Å². The highest BCUT2D eigenvalue weighted by atomic mass is 32.2. The number of hydrogen-bond donors (Lipinski definition) is 2. The predicted octanol–water partition coefficient (Wildman–Crippen LogP) is -1.02. The van der Waals surface area contributed by atoms with Crippen LogP contribution in [0.4, 0.5) is 0 Å². The number of hydrogen-bond acceptors (Lipinski definition) is 6. The molecule has 1 aromatic heterocycles. The zero-order chi connectivity index (χ0) is 11.2. The Bertz CT molecular complexity index is 323. The fourth-order valence-corrected chi connectivity index (χ4v) is 2.47. The molecule has 1 aliphatic rings. The summed E-state index contributed by atoms with van der Waals surface area (Å²) < 4.78 is 0. The van der Waals surface area contributed by atoms with Crippen LogP contribution in [0.1, 0.15) is 10.6 Å². The third-order valence-electron chi connectivity index (χ3n) is 2.37. The first-order chi connectivity index (χ1) is 7.86. The largest absolute Gasteiger partial charge is 0.348 e. The quantitative estimate of drug-likeness (QED) is 0.702. The lowest BCUT2D eigenvalue weighted by Gasteiger charge is -2.25. The molecule has 0 saturated carbocycles. The van der Waals surface area contributed by atoms with Crippen molar-refractivity contribution in [3.63, 3.8) is 0 Å². The van der Waals surface area contributed by atoms with Gasteiger partial charge in [-0.05, 0) is 5.21 Å². The van der Waals surface area contributed by atoms with Gasteiger partial charge in [0.2, 0.25) is 0 Å². The van der Waals surface area contributed by atoms with Crippen LogP contribution in [0.5, 0.6) is 0 Å². The highest BCUT2D eigenvalue weighted by Gasteiger charge is 2.12. The summed E-state index contributed by atoms with van der Waals surface area (Å²) in [5.41, 5.74) is 0. The number of thioether (sulfide) groups is 1. The highest BCUT2D eigenvalue weighted by molar-refractivity contribution is 7.99. The van der Waals surface area contributed by atoms with Gasteiger partial charge in [-0.3, -0.25) is 9.69 Å². The Morgan fingerprint density at radius 3 is 3.00 bits per heavy atom. The van der Waals surface area contributed by atoms with E-state index < -0.39 is 0 Å². The predicted molar refractivity (Wildman–Crippen MR) is 60.3 cm³/mol. The van der Waals surface area contributed by atoms with Crippen molar-refractivity contribution < 1.29 is 4.79 Å². The fourth-order valence-electron chi connectivity index (χ4n) is 1.49. The van der Waals surface area contributed by atoms with Crippen molar-refractivity contribution >= 4 is 17.7 Å². The van der Waals surface area contributed by atoms with E-state index in [9.17, 15) is 4.79 Å². The van der Waals surface area contributed by atoms with Gasteiger partial charge in [0.15, 0.2) is 0 Å². The van der Waals surface area contributed by atoms with Gasteiger partial charge in [-0.2, -0.15) is 17.0 Å². The standard InChI is InChI=1S/C8H14N6OS/c15-8(7-10-12-13-11-7)9-1-2-14-3-5-16-6-4-14/h1-6H2,(H,9,15)(H,10,11,12,13). The summed E-state index contributed by atoms with van der Waals surface area (Å²) in [6, 6.07) is 0. The van der Waals surface area contributed by atoms with E-state index in [1.807, 2.05) is 11.8 Å². The number of rotatable bonds is 4. The summed E-state index contributed by atoms with van der Waals surface area (Å²) in [5, 5.41) is 15.5. The molecule has 1 fully saturated rings. The monoisotopic (exact) mass is 242 g/mol. The molecule has 0 aliphatic carbocycles. The zero-order valence-corrected chi connectivity index (χ0v) is 9.66. The molecular weight excluding hydrogens is 228 g/mol. The Kier molecular flexibility index (Phi) is 4.11. The number of aromatic amines is 1. The Morgan fingerprint density at radius 2 is 2.31 bits per heavy atom. The SMILES string of the molecule is O=C(NCCN1CCSCC1)c1nn[nH]n1. The second-order valence-corrected chi connectivity index (χ2v) is 4.67. The molecule has 2 N–H and O–H groups in total. The Hall–Kier alpha value is -1.15. The first kappa shape index (κ1) is 11.3. The maximum absolute atomic E-state index is 11.4. The van der Waals surface area contributed by atoms with Crippen molar-refractivity contribution in [3.8, 4) is 0 Å². The van der Waals surface area contributed by atoms with Crippen LogP contribution < -0.4 is 5.32 Å². The Labute approximate surface area is 97.3 Å². The van der Waals surface area contributed by atoms with Crippen LogP contribution in [0.3, 0.4) is 0 Å². The average molecular weight is 242 g/mol. The van der Waals surface area contributed by atoms with Crippen LogP contribution in [-0.4, -0.2) is 69.1 Å². The Balaban J connectivity index is 1.66. The van der Waals surface area contributed by atoms with Crippen molar-refractivity contribution in [3.05, 3.63) is 5.82 Å². The lowest BCUT2D eigenvalue weighted by Crippen LogP contribution is -2.39. The molecule has 2 rings (SSSR count). The molecule has 0 aromatic carbocycles. The number of H-pyrrole nitrogens is 1. The number of amides is 1. The van der Waals surface area contributed by atoms with Crippen molar-refractivity contribution in [2.24, 2.45) is 0 Å². The van der Waals surface area contributed by atoms with Gasteiger partial charge >= 0.3 is 0 Å². The molecule has 8 heteroatoms. The van der Waals surface area contributed by atoms with Crippen LogP contribution in [-0.2, 0) is 0 Å². The molecule has 1 aromatic rings. The molecule has 7 nitrogen and oxygen atoms in total. The highest BCUT2D eigenvalue weighted by Crippen LogP contribution is 2.07. The van der Waals surface area contributed by atoms with Crippen LogP contribution in [0, 0.1) is 0 Å². The van der Waals surface area contributed by atoms with Crippen molar-refractivity contribution in [2.75, 3.05) is 37.7 Å². The number of carbonyl (C=O) groups excluding carboxylic acids is 1. The van der Waals surface area contributed by atoms with Gasteiger partial charge in [0.05, 0.1) is 0 Å². The van der Waals surface area contributed by atoms with Gasteiger partial charge in [-0.1, -0.05) is 0 Å². The normalized spacial score (nSPS) is 17.2. The van der Waals surface area contributed by atoms with Crippen LogP contribution >= 0.6 is 11.8 Å². The topological polar surface area (TPSA) is 86.8 Å². The minimum absolute atomic E-state index is 0.0919. The van der Waals surface area contributed by atoms with Crippen molar-refractivity contribution in [1.29, 1.82) is 0 Å². The molecule has 2 heterocycles. The molecule has 1 saturated heterocycles. The summed E-state index contributed by atoms with van der Waals surface area (Å²) in [6.07, 6.45) is 0. The average Bonchev–Trinajstić information content (AvgIpc) is 2.84. The van der Waals surface area contributed by atoms with E-state index in [2.05, 4.69) is 30.8 Å². The fraction of sp³-hybridized carbons (Fsp3) is 0.750. The molecule has 0 spiro atoms. The van der Waals surface area contributed by atoms with Crippen LogP contribution in [0.15, 0.2) is 0 Å². The van der Waals surface area contributed by atoms with Gasteiger partial charge in [0.25, 0.3) is 11.7 Å². The summed E-state index contributed by atoms with van der Waals surface area (Å²) in [7, 11) is 0. The van der Waals surface area contributed by atoms with Crippen LogP contribution in [0.2, 0.25) is 0 Å². The number of nitrogens with zero attached hydrogens (tertiary/aromatic N) is 4. The summed E-state index contributed by atoms with van der Waals surface area (Å²) in [5.74, 6) is 2.17. The van der Waals surface area contributed by atoms with E-state index in [0.29, 0.717) is 6.54 Å². The minimum atomic E-state index is -0.278. The lowest BCUT2D eigenvalue weighted by molar-refractivity contribution is 0.0938. The van der Waals surface area contributed by atoms with Crippen molar-refractivity contribution in [1.82, 2.24) is 30.8 Å². The summed E-state index contributed by atoms with van der Waals surface area (Å²) in [6.45, 7) is 3.70. The Morgan fingerprint density at radius 1 is 1.50 bits per heavy atom. The molecule has 88 valence electrons. The van der Waals surface area contributed by atoms with E-state index in [1.165, 1.54) is 11.5 Å². The minimum Gasteiger partial charge on any atom is -0.348 e. The van der Waals surface area contributed by atoms with E-state index >= 15 is 0 Å². The summed E-state index contributed by atoms with van der Waals surface area (Å²) >= 11 is 1.98. The van der Waals surface area contributed by atoms with E-state index in [4.69, 9.17) is 0 Å². The third-order valence-corrected chi connectivity index (χ3v) is 3.31. The number of nitrogens with one attached hydrogen (secondary N) is 2. The first-order valence-corrected chi connectivity index (χ1v) is 6.33. The molecule has 0 unspecified atom stereocenters. The molecule has 0 bridgehead atoms. The molecule has 16 heavy (non-hydrogen) atoms. The van der Waals surface area contributed by atoms with Gasteiger partial charge in [0.1, 0.15) is 0 Å². The van der Waals surface area contributed by atoms with Gasteiger partial charge < -0.3 is 5.32 Å². The molecule has 1 amide bonds. The molecular formula is C8H14N6OS. The third kappa shape index (κ3) is 3.17. The molecule has 0 radical (unpaired) electrons. The van der Waals surface area contributed by atoms with Crippen LogP contribution in [0.25, 0.3) is 0 Å². The lowest BCUT2D eigenvalue weighted by atomic mass is 10.4. The number of carbonyl (C=O) groups is 1. The van der Waals surface area contributed by atoms with Crippen molar-refractivity contribution in [2.45, 2.75) is 0 Å². The van der Waals surface area contributed by atoms with E-state index in [0.717, 1.165) is 19.6 Å². The maximum Gasteiger partial charge on any atom is 0.292 e. The van der Waals surface area contributed by atoms with E-state index in [1.54, 1.807) is 0 Å². The second kappa shape index (κ2) is 5.80. The van der Waals surface area contributed by atoms with Gasteiger partial charge in [0, 0.05) is 37.7 Å². The number of aromatic nitrogens is 4. The molecule has 1 aliphatic heterocycles.